The molecule has 130 valence electrons. The topological polar surface area (TPSA) is 101 Å². The Morgan fingerprint density at radius 1 is 1.43 bits per heavy atom. The summed E-state index contributed by atoms with van der Waals surface area (Å²) in [5.74, 6) is 0.427. The van der Waals surface area contributed by atoms with Crippen LogP contribution in [0, 0.1) is 16.0 Å². The summed E-state index contributed by atoms with van der Waals surface area (Å²) in [6.07, 6.45) is 2.85. The molecule has 2 N–H and O–H groups in total. The Bertz CT molecular complexity index is 649. The van der Waals surface area contributed by atoms with Gasteiger partial charge in [-0.05, 0) is 50.4 Å². The first-order valence-corrected chi connectivity index (χ1v) is 8.90. The van der Waals surface area contributed by atoms with E-state index in [2.05, 4.69) is 10.0 Å². The van der Waals surface area contributed by atoms with Gasteiger partial charge in [-0.1, -0.05) is 11.6 Å². The predicted molar refractivity (Wildman–Crippen MR) is 90.8 cm³/mol. The molecule has 0 aromatic heterocycles. The second kappa shape index (κ2) is 8.79. The fourth-order valence-electron chi connectivity index (χ4n) is 2.51. The molecule has 1 saturated heterocycles. The summed E-state index contributed by atoms with van der Waals surface area (Å²) >= 11 is 5.69. The Labute approximate surface area is 146 Å². The first kappa shape index (κ1) is 20.1. The van der Waals surface area contributed by atoms with E-state index in [4.69, 9.17) is 11.6 Å². The number of nitrogens with zero attached hydrogens (tertiary/aromatic N) is 1. The van der Waals surface area contributed by atoms with Crippen LogP contribution in [0.25, 0.3) is 0 Å². The summed E-state index contributed by atoms with van der Waals surface area (Å²) in [7, 11) is -3.92. The second-order valence-electron chi connectivity index (χ2n) is 5.27. The summed E-state index contributed by atoms with van der Waals surface area (Å²) in [6.45, 7) is 2.14. The predicted octanol–water partition coefficient (Wildman–Crippen LogP) is 2.34. The second-order valence-corrected chi connectivity index (χ2v) is 7.44. The number of benzene rings is 1. The summed E-state index contributed by atoms with van der Waals surface area (Å²) in [4.78, 5) is 9.89. The van der Waals surface area contributed by atoms with Crippen LogP contribution in [0.3, 0.4) is 0 Å². The van der Waals surface area contributed by atoms with Crippen LogP contribution < -0.4 is 10.0 Å². The molecule has 2 rings (SSSR count). The van der Waals surface area contributed by atoms with Crippen molar-refractivity contribution >= 4 is 39.7 Å². The van der Waals surface area contributed by atoms with Crippen molar-refractivity contribution in [2.75, 3.05) is 19.6 Å². The lowest BCUT2D eigenvalue weighted by Gasteiger charge is -2.22. The number of rotatable bonds is 6. The molecule has 0 bridgehead atoms. The normalized spacial score (nSPS) is 18.2. The minimum atomic E-state index is -3.92. The van der Waals surface area contributed by atoms with Crippen molar-refractivity contribution in [2.24, 2.45) is 5.92 Å². The Morgan fingerprint density at radius 3 is 2.78 bits per heavy atom. The van der Waals surface area contributed by atoms with Crippen LogP contribution in [0.1, 0.15) is 19.3 Å². The third kappa shape index (κ3) is 5.58. The van der Waals surface area contributed by atoms with Gasteiger partial charge >= 0.3 is 0 Å². The van der Waals surface area contributed by atoms with Gasteiger partial charge in [-0.2, -0.15) is 0 Å². The number of piperidine rings is 1. The lowest BCUT2D eigenvalue weighted by Crippen LogP contribution is -2.33. The molecule has 0 spiro atoms. The van der Waals surface area contributed by atoms with E-state index in [1.54, 1.807) is 0 Å². The molecule has 1 unspecified atom stereocenters. The summed E-state index contributed by atoms with van der Waals surface area (Å²) in [6, 6.07) is 3.53. The molecule has 0 radical (unpaired) electrons. The minimum absolute atomic E-state index is 0. The van der Waals surface area contributed by atoms with Crippen molar-refractivity contribution in [1.82, 2.24) is 10.0 Å². The maximum Gasteiger partial charge on any atom is 0.290 e. The van der Waals surface area contributed by atoms with Crippen LogP contribution >= 0.6 is 24.0 Å². The Hall–Kier alpha value is -0.930. The molecule has 1 fully saturated rings. The van der Waals surface area contributed by atoms with Crippen molar-refractivity contribution in [3.05, 3.63) is 33.3 Å². The number of halogens is 2. The molecule has 0 aliphatic carbocycles. The van der Waals surface area contributed by atoms with Crippen molar-refractivity contribution in [1.29, 1.82) is 0 Å². The van der Waals surface area contributed by atoms with Crippen LogP contribution in [0.2, 0.25) is 5.02 Å². The van der Waals surface area contributed by atoms with Crippen molar-refractivity contribution in [2.45, 2.75) is 24.2 Å². The number of nitrogens with one attached hydrogen (secondary N) is 2. The molecule has 1 aromatic carbocycles. The minimum Gasteiger partial charge on any atom is -0.316 e. The fraction of sp³-hybridized carbons (Fsp3) is 0.538. The van der Waals surface area contributed by atoms with Gasteiger partial charge in [-0.25, -0.2) is 13.1 Å². The summed E-state index contributed by atoms with van der Waals surface area (Å²) in [5, 5.41) is 14.4. The number of hydrogen-bond acceptors (Lipinski definition) is 5. The molecule has 0 amide bonds. The molecule has 0 saturated carbocycles. The third-order valence-corrected chi connectivity index (χ3v) is 5.39. The Kier molecular flexibility index (Phi) is 7.69. The van der Waals surface area contributed by atoms with E-state index in [0.717, 1.165) is 38.1 Å². The molecule has 23 heavy (non-hydrogen) atoms. The summed E-state index contributed by atoms with van der Waals surface area (Å²) in [5.41, 5.74) is -0.515. The van der Waals surface area contributed by atoms with E-state index < -0.39 is 20.6 Å². The fourth-order valence-corrected chi connectivity index (χ4v) is 3.87. The van der Waals surface area contributed by atoms with Gasteiger partial charge in [0.15, 0.2) is 4.90 Å². The van der Waals surface area contributed by atoms with E-state index in [-0.39, 0.29) is 28.9 Å². The van der Waals surface area contributed by atoms with Crippen molar-refractivity contribution < 1.29 is 13.3 Å². The van der Waals surface area contributed by atoms with Crippen LogP contribution in [0.15, 0.2) is 23.1 Å². The maximum atomic E-state index is 12.2. The molecule has 1 aliphatic rings. The highest BCUT2D eigenvalue weighted by Gasteiger charge is 2.26. The average molecular weight is 384 g/mol. The SMILES string of the molecule is Cl.O=[N+]([O-])c1cc(Cl)ccc1S(=O)(=O)NCCC1CCCNC1. The van der Waals surface area contributed by atoms with Gasteiger partial charge < -0.3 is 5.32 Å². The summed E-state index contributed by atoms with van der Waals surface area (Å²) < 4.78 is 26.9. The van der Waals surface area contributed by atoms with E-state index in [1.807, 2.05) is 0 Å². The van der Waals surface area contributed by atoms with Gasteiger partial charge in [-0.3, -0.25) is 10.1 Å². The van der Waals surface area contributed by atoms with E-state index in [1.165, 1.54) is 6.07 Å². The number of sulfonamides is 1. The molecule has 10 heteroatoms. The van der Waals surface area contributed by atoms with Gasteiger partial charge in [0.05, 0.1) is 4.92 Å². The van der Waals surface area contributed by atoms with Crippen LogP contribution in [0.5, 0.6) is 0 Å². The first-order valence-electron chi connectivity index (χ1n) is 7.04. The van der Waals surface area contributed by atoms with Crippen LogP contribution in [-0.4, -0.2) is 33.0 Å². The van der Waals surface area contributed by atoms with E-state index in [0.29, 0.717) is 12.3 Å². The van der Waals surface area contributed by atoms with Gasteiger partial charge in [0.1, 0.15) is 0 Å². The molecule has 1 heterocycles. The smallest absolute Gasteiger partial charge is 0.290 e. The van der Waals surface area contributed by atoms with Crippen molar-refractivity contribution in [3.63, 3.8) is 0 Å². The average Bonchev–Trinajstić information content (AvgIpc) is 2.47. The van der Waals surface area contributed by atoms with Crippen LogP contribution in [-0.2, 0) is 10.0 Å². The molecular weight excluding hydrogens is 365 g/mol. The van der Waals surface area contributed by atoms with E-state index >= 15 is 0 Å². The molecule has 1 atom stereocenters. The van der Waals surface area contributed by atoms with Crippen molar-refractivity contribution in [3.8, 4) is 0 Å². The highest BCUT2D eigenvalue weighted by Crippen LogP contribution is 2.27. The monoisotopic (exact) mass is 383 g/mol. The number of nitro benzene ring substituents is 1. The highest BCUT2D eigenvalue weighted by molar-refractivity contribution is 7.89. The Morgan fingerprint density at radius 2 is 2.17 bits per heavy atom. The molecule has 7 nitrogen and oxygen atoms in total. The van der Waals surface area contributed by atoms with Crippen LogP contribution in [0.4, 0.5) is 5.69 Å². The molecule has 1 aliphatic heterocycles. The molecular formula is C13H19Cl2N3O4S. The van der Waals surface area contributed by atoms with Gasteiger partial charge in [0.2, 0.25) is 10.0 Å². The zero-order valence-corrected chi connectivity index (χ0v) is 14.7. The largest absolute Gasteiger partial charge is 0.316 e. The number of nitro groups is 1. The Balaban J connectivity index is 0.00000264. The quantitative estimate of drug-likeness (QED) is 0.579. The molecule has 1 aromatic rings. The lowest BCUT2D eigenvalue weighted by molar-refractivity contribution is -0.387. The third-order valence-electron chi connectivity index (χ3n) is 3.65. The van der Waals surface area contributed by atoms with Gasteiger partial charge in [0.25, 0.3) is 5.69 Å². The lowest BCUT2D eigenvalue weighted by atomic mass is 9.96. The van der Waals surface area contributed by atoms with Gasteiger partial charge in [-0.15, -0.1) is 12.4 Å². The zero-order chi connectivity index (χ0) is 16.2. The highest BCUT2D eigenvalue weighted by atomic mass is 35.5. The standard InChI is InChI=1S/C13H18ClN3O4S.ClH/c14-11-3-4-13(12(8-11)17(18)19)22(20,21)16-7-5-10-2-1-6-15-9-10;/h3-4,8,10,15-16H,1-2,5-7,9H2;1H. The van der Waals surface area contributed by atoms with Gasteiger partial charge in [0, 0.05) is 17.6 Å². The zero-order valence-electron chi connectivity index (χ0n) is 12.3. The number of hydrogen-bond donors (Lipinski definition) is 2. The first-order chi connectivity index (χ1) is 10.4. The maximum absolute atomic E-state index is 12.2. The van der Waals surface area contributed by atoms with E-state index in [9.17, 15) is 18.5 Å².